The largest absolute Gasteiger partial charge is 0.0884 e. The summed E-state index contributed by atoms with van der Waals surface area (Å²) in [6.07, 6.45) is 1.36. The van der Waals surface area contributed by atoms with Crippen molar-refractivity contribution in [2.45, 2.75) is 19.3 Å². The highest BCUT2D eigenvalue weighted by Gasteiger charge is 2.75. The van der Waals surface area contributed by atoms with E-state index in [2.05, 4.69) is 63.7 Å². The molecule has 0 heterocycles. The zero-order valence-electron chi connectivity index (χ0n) is 6.18. The van der Waals surface area contributed by atoms with Crippen molar-refractivity contribution >= 4 is 63.7 Å². The first kappa shape index (κ1) is 9.17. The Morgan fingerprint density at radius 3 is 2.08 bits per heavy atom. The van der Waals surface area contributed by atoms with Crippen LogP contribution in [0.4, 0.5) is 0 Å². The molecule has 0 aromatic heterocycles. The molecule has 0 N–H and O–H groups in total. The molecule has 0 aliphatic heterocycles. The first-order valence-electron chi connectivity index (χ1n) is 4.21. The Hall–Kier alpha value is 1.92. The van der Waals surface area contributed by atoms with Crippen LogP contribution in [0.3, 0.4) is 0 Å². The minimum atomic E-state index is 0.286. The second-order valence-electron chi connectivity index (χ2n) is 4.17. The predicted octanol–water partition coefficient (Wildman–Crippen LogP) is 3.90. The SMILES string of the molecule is BrC1C2C[C@@H]3[C@H](C1[C@@H]2Br)C3(Br)Br. The zero-order valence-corrected chi connectivity index (χ0v) is 12.5. The quantitative estimate of drug-likeness (QED) is 0.519. The lowest BCUT2D eigenvalue weighted by Gasteiger charge is -2.50. The third-order valence-corrected chi connectivity index (χ3v) is 8.57. The highest BCUT2D eigenvalue weighted by Crippen LogP contribution is 2.77. The maximum Gasteiger partial charge on any atom is 0.0872 e. The fraction of sp³-hybridized carbons (Fsp3) is 1.00. The van der Waals surface area contributed by atoms with E-state index in [1.54, 1.807) is 0 Å². The maximum atomic E-state index is 3.79. The summed E-state index contributed by atoms with van der Waals surface area (Å²) in [5, 5.41) is 0. The second kappa shape index (κ2) is 2.53. The van der Waals surface area contributed by atoms with Gasteiger partial charge in [-0.15, -0.1) is 0 Å². The molecule has 0 spiro atoms. The van der Waals surface area contributed by atoms with E-state index >= 15 is 0 Å². The second-order valence-corrected chi connectivity index (χ2v) is 9.98. The summed E-state index contributed by atoms with van der Waals surface area (Å²) >= 11 is 15.1. The van der Waals surface area contributed by atoms with Crippen LogP contribution in [0.25, 0.3) is 0 Å². The lowest BCUT2D eigenvalue weighted by molar-refractivity contribution is 0.136. The van der Waals surface area contributed by atoms with Crippen molar-refractivity contribution in [3.8, 4) is 0 Å². The highest BCUT2D eigenvalue weighted by molar-refractivity contribution is 9.25. The van der Waals surface area contributed by atoms with Crippen molar-refractivity contribution in [3.63, 3.8) is 0 Å². The summed E-state index contributed by atoms with van der Waals surface area (Å²) in [6.45, 7) is 0. The van der Waals surface area contributed by atoms with Gasteiger partial charge >= 0.3 is 0 Å². The van der Waals surface area contributed by atoms with Gasteiger partial charge in [-0.1, -0.05) is 63.7 Å². The van der Waals surface area contributed by atoms with Crippen LogP contribution in [0.15, 0.2) is 0 Å². The lowest BCUT2D eigenvalue weighted by atomic mass is 9.65. The summed E-state index contributed by atoms with van der Waals surface area (Å²) in [5.41, 5.74) is 0. The van der Waals surface area contributed by atoms with E-state index in [0.717, 1.165) is 33.3 Å². The van der Waals surface area contributed by atoms with Crippen LogP contribution in [0.1, 0.15) is 6.42 Å². The van der Waals surface area contributed by atoms with Crippen molar-refractivity contribution in [2.75, 3.05) is 0 Å². The molecule has 3 unspecified atom stereocenters. The minimum Gasteiger partial charge on any atom is -0.0884 e. The topological polar surface area (TPSA) is 0 Å². The molecule has 12 heavy (non-hydrogen) atoms. The Labute approximate surface area is 106 Å². The Morgan fingerprint density at radius 2 is 1.67 bits per heavy atom. The smallest absolute Gasteiger partial charge is 0.0872 e. The third-order valence-electron chi connectivity index (χ3n) is 3.76. The molecule has 2 bridgehead atoms. The van der Waals surface area contributed by atoms with E-state index in [-0.39, 0.29) is 3.23 Å². The number of hydrogen-bond acceptors (Lipinski definition) is 0. The van der Waals surface area contributed by atoms with Crippen LogP contribution in [-0.4, -0.2) is 12.9 Å². The van der Waals surface area contributed by atoms with Gasteiger partial charge in [-0.25, -0.2) is 0 Å². The molecular weight excluding hydrogens is 416 g/mol. The van der Waals surface area contributed by atoms with Gasteiger partial charge in [0.15, 0.2) is 0 Å². The Kier molecular flexibility index (Phi) is 1.94. The van der Waals surface area contributed by atoms with Crippen molar-refractivity contribution in [1.29, 1.82) is 0 Å². The Balaban J connectivity index is 1.91. The van der Waals surface area contributed by atoms with Gasteiger partial charge in [-0.2, -0.15) is 0 Å². The van der Waals surface area contributed by atoms with Crippen LogP contribution in [0.5, 0.6) is 0 Å². The number of alkyl halides is 4. The molecule has 4 aliphatic rings. The molecule has 0 nitrogen and oxygen atoms in total. The summed E-state index contributed by atoms with van der Waals surface area (Å²) < 4.78 is 0.286. The standard InChI is InChI=1S/C8H8Br4/c9-6-2-1-3-5(8(3,11)12)4(6)7(2)10/h2-7H,1H2/t2?,3-,4?,5-,6-,7?/m1/s1. The van der Waals surface area contributed by atoms with Gasteiger partial charge in [0.25, 0.3) is 0 Å². The number of rotatable bonds is 0. The first-order chi connectivity index (χ1) is 5.55. The normalized spacial score (nSPS) is 65.0. The van der Waals surface area contributed by atoms with Crippen LogP contribution < -0.4 is 0 Å². The van der Waals surface area contributed by atoms with Gasteiger partial charge in [0.05, 0.1) is 3.23 Å². The summed E-state index contributed by atoms with van der Waals surface area (Å²) in [5.74, 6) is 3.44. The molecule has 4 aliphatic carbocycles. The molecular formula is C8H8Br4. The number of hydrogen-bond donors (Lipinski definition) is 0. The average molecular weight is 424 g/mol. The maximum absolute atomic E-state index is 3.79. The van der Waals surface area contributed by atoms with E-state index in [4.69, 9.17) is 0 Å². The third kappa shape index (κ3) is 0.892. The molecule has 6 atom stereocenters. The average Bonchev–Trinajstić information content (AvgIpc) is 2.56. The van der Waals surface area contributed by atoms with Crippen LogP contribution >= 0.6 is 63.7 Å². The van der Waals surface area contributed by atoms with Crippen LogP contribution in [-0.2, 0) is 0 Å². The van der Waals surface area contributed by atoms with Gasteiger partial charge in [0, 0.05) is 9.65 Å². The molecule has 0 radical (unpaired) electrons. The van der Waals surface area contributed by atoms with Gasteiger partial charge in [-0.3, -0.25) is 0 Å². The molecule has 4 heteroatoms. The summed E-state index contributed by atoms with van der Waals surface area (Å²) in [6, 6.07) is 0. The first-order valence-corrected chi connectivity index (χ1v) is 7.63. The van der Waals surface area contributed by atoms with Gasteiger partial charge in [0.2, 0.25) is 0 Å². The molecule has 68 valence electrons. The predicted molar refractivity (Wildman–Crippen MR) is 64.6 cm³/mol. The molecule has 0 saturated heterocycles. The molecule has 0 aromatic rings. The van der Waals surface area contributed by atoms with Crippen LogP contribution in [0, 0.1) is 23.7 Å². The monoisotopic (exact) mass is 420 g/mol. The van der Waals surface area contributed by atoms with Crippen LogP contribution in [0.2, 0.25) is 0 Å². The van der Waals surface area contributed by atoms with E-state index in [9.17, 15) is 0 Å². The van der Waals surface area contributed by atoms with E-state index < -0.39 is 0 Å². The summed E-state index contributed by atoms with van der Waals surface area (Å²) in [7, 11) is 0. The van der Waals surface area contributed by atoms with E-state index in [0.29, 0.717) is 0 Å². The molecule has 0 amide bonds. The summed E-state index contributed by atoms with van der Waals surface area (Å²) in [4.78, 5) is 1.53. The van der Waals surface area contributed by atoms with Crippen molar-refractivity contribution in [1.82, 2.24) is 0 Å². The van der Waals surface area contributed by atoms with E-state index in [1.807, 2.05) is 0 Å². The Morgan fingerprint density at radius 1 is 1.08 bits per heavy atom. The van der Waals surface area contributed by atoms with Crippen molar-refractivity contribution in [2.24, 2.45) is 23.7 Å². The zero-order chi connectivity index (χ0) is 8.67. The highest BCUT2D eigenvalue weighted by atomic mass is 79.9. The minimum absolute atomic E-state index is 0.286. The fourth-order valence-electron chi connectivity index (χ4n) is 2.97. The Bertz CT molecular complexity index is 229. The van der Waals surface area contributed by atoms with Gasteiger partial charge in [0.1, 0.15) is 0 Å². The molecule has 0 aromatic carbocycles. The fourth-order valence-corrected chi connectivity index (χ4v) is 8.12. The molecule has 4 saturated carbocycles. The molecule has 4 rings (SSSR count). The van der Waals surface area contributed by atoms with Crippen molar-refractivity contribution < 1.29 is 0 Å². The van der Waals surface area contributed by atoms with Crippen molar-refractivity contribution in [3.05, 3.63) is 0 Å². The van der Waals surface area contributed by atoms with Gasteiger partial charge < -0.3 is 0 Å². The molecule has 4 fully saturated rings. The lowest BCUT2D eigenvalue weighted by Crippen LogP contribution is -2.53. The number of halogens is 4. The van der Waals surface area contributed by atoms with Gasteiger partial charge in [-0.05, 0) is 30.1 Å². The van der Waals surface area contributed by atoms with E-state index in [1.165, 1.54) is 6.42 Å².